The normalized spacial score (nSPS) is 18.8. The van der Waals surface area contributed by atoms with Crippen molar-refractivity contribution in [2.75, 3.05) is 12.0 Å². The largest absolute Gasteiger partial charge is 0.507 e. The van der Waals surface area contributed by atoms with Gasteiger partial charge in [0.1, 0.15) is 17.3 Å². The van der Waals surface area contributed by atoms with Crippen molar-refractivity contribution in [3.05, 3.63) is 89.7 Å². The lowest BCUT2D eigenvalue weighted by Crippen LogP contribution is -2.29. The number of thiocarbonyl (C=S) groups is 1. The number of ether oxygens (including phenoxy) is 1. The summed E-state index contributed by atoms with van der Waals surface area (Å²) in [5.74, 6) is 0.399. The molecular weight excluding hydrogens is 439 g/mol. The lowest BCUT2D eigenvalue weighted by atomic mass is 9.93. The van der Waals surface area contributed by atoms with Crippen LogP contribution < -0.4 is 15.0 Å². The van der Waals surface area contributed by atoms with Gasteiger partial charge < -0.3 is 25.2 Å². The quantitative estimate of drug-likeness (QED) is 0.394. The number of benzene rings is 3. The third-order valence-corrected chi connectivity index (χ3v) is 6.34. The first kappa shape index (κ1) is 23.0. The van der Waals surface area contributed by atoms with Crippen LogP contribution in [0.15, 0.2) is 72.8 Å². The van der Waals surface area contributed by atoms with E-state index in [0.29, 0.717) is 22.8 Å². The van der Waals surface area contributed by atoms with Crippen LogP contribution >= 0.6 is 12.2 Å². The molecule has 3 atom stereocenters. The Balaban J connectivity index is 1.55. The maximum absolute atomic E-state index is 13.2. The molecule has 3 aromatic carbocycles. The van der Waals surface area contributed by atoms with Gasteiger partial charge in [-0.2, -0.15) is 0 Å². The van der Waals surface area contributed by atoms with Crippen molar-refractivity contribution >= 4 is 23.0 Å². The van der Waals surface area contributed by atoms with E-state index in [1.54, 1.807) is 25.3 Å². The summed E-state index contributed by atoms with van der Waals surface area (Å²) in [6.45, 7) is 0. The summed E-state index contributed by atoms with van der Waals surface area (Å²) in [7, 11) is 1.56. The molecule has 1 aliphatic heterocycles. The minimum atomic E-state index is -0.669. The van der Waals surface area contributed by atoms with Gasteiger partial charge in [0, 0.05) is 17.3 Å². The molecule has 1 heterocycles. The number of rotatable bonds is 8. The number of anilines is 1. The second-order valence-electron chi connectivity index (χ2n) is 8.13. The first-order chi connectivity index (χ1) is 16.0. The second-order valence-corrected chi connectivity index (χ2v) is 8.52. The van der Waals surface area contributed by atoms with E-state index in [4.69, 9.17) is 17.0 Å². The Bertz CT molecular complexity index is 1090. The van der Waals surface area contributed by atoms with Gasteiger partial charge in [-0.05, 0) is 73.4 Å². The summed E-state index contributed by atoms with van der Waals surface area (Å²) < 4.78 is 18.4. The molecule has 3 aromatic rings. The van der Waals surface area contributed by atoms with Crippen LogP contribution in [0.3, 0.4) is 0 Å². The lowest BCUT2D eigenvalue weighted by Gasteiger charge is -2.29. The topological polar surface area (TPSA) is 65.0 Å². The van der Waals surface area contributed by atoms with E-state index in [-0.39, 0.29) is 23.7 Å². The molecule has 0 bridgehead atoms. The summed E-state index contributed by atoms with van der Waals surface area (Å²) in [5.41, 5.74) is 2.38. The summed E-state index contributed by atoms with van der Waals surface area (Å²) in [6.07, 6.45) is 1.30. The molecule has 3 N–H and O–H groups in total. The maximum Gasteiger partial charge on any atom is 0.174 e. The van der Waals surface area contributed by atoms with Crippen LogP contribution in [0.2, 0.25) is 0 Å². The predicted molar refractivity (Wildman–Crippen MR) is 131 cm³/mol. The summed E-state index contributed by atoms with van der Waals surface area (Å²) in [6, 6.07) is 20.8. The minimum Gasteiger partial charge on any atom is -0.507 e. The molecule has 0 spiro atoms. The van der Waals surface area contributed by atoms with Crippen molar-refractivity contribution in [2.45, 2.75) is 37.5 Å². The molecule has 1 fully saturated rings. The molecule has 7 heteroatoms. The van der Waals surface area contributed by atoms with Crippen molar-refractivity contribution < 1.29 is 19.3 Å². The van der Waals surface area contributed by atoms with Crippen molar-refractivity contribution in [2.24, 2.45) is 0 Å². The average molecular weight is 467 g/mol. The highest BCUT2D eigenvalue weighted by molar-refractivity contribution is 7.80. The highest BCUT2D eigenvalue weighted by Gasteiger charge is 2.40. The Morgan fingerprint density at radius 2 is 1.82 bits per heavy atom. The Hall–Kier alpha value is -3.16. The molecule has 33 heavy (non-hydrogen) atoms. The smallest absolute Gasteiger partial charge is 0.174 e. The molecule has 1 saturated heterocycles. The molecule has 2 unspecified atom stereocenters. The summed E-state index contributed by atoms with van der Waals surface area (Å²) in [4.78, 5) is 2.03. The number of methoxy groups -OCH3 is 1. The van der Waals surface area contributed by atoms with Crippen molar-refractivity contribution in [3.63, 3.8) is 0 Å². The third-order valence-electron chi connectivity index (χ3n) is 6.03. The molecule has 0 aliphatic carbocycles. The molecular formula is C26H27FN2O3S. The lowest BCUT2D eigenvalue weighted by molar-refractivity contribution is 0.162. The van der Waals surface area contributed by atoms with E-state index in [1.165, 1.54) is 12.1 Å². The number of hydrogen-bond donors (Lipinski definition) is 3. The Labute approximate surface area is 198 Å². The molecule has 5 nitrogen and oxygen atoms in total. The number of aliphatic hydroxyl groups is 1. The average Bonchev–Trinajstić information content (AvgIpc) is 3.15. The number of phenols is 1. The number of halogens is 1. The van der Waals surface area contributed by atoms with Gasteiger partial charge in [0.05, 0.1) is 25.3 Å². The number of nitrogens with zero attached hydrogens (tertiary/aromatic N) is 1. The zero-order chi connectivity index (χ0) is 23.4. The van der Waals surface area contributed by atoms with Crippen LogP contribution in [-0.4, -0.2) is 28.5 Å². The summed E-state index contributed by atoms with van der Waals surface area (Å²) >= 11 is 5.68. The van der Waals surface area contributed by atoms with Crippen LogP contribution in [0.4, 0.5) is 10.1 Å². The second kappa shape index (κ2) is 10.2. The zero-order valence-corrected chi connectivity index (χ0v) is 19.1. The van der Waals surface area contributed by atoms with Crippen LogP contribution in [-0.2, 0) is 0 Å². The zero-order valence-electron chi connectivity index (χ0n) is 18.3. The van der Waals surface area contributed by atoms with Crippen LogP contribution in [0.5, 0.6) is 11.5 Å². The molecule has 0 amide bonds. The first-order valence-electron chi connectivity index (χ1n) is 10.9. The van der Waals surface area contributed by atoms with Gasteiger partial charge >= 0.3 is 0 Å². The Morgan fingerprint density at radius 3 is 2.48 bits per heavy atom. The van der Waals surface area contributed by atoms with E-state index in [1.807, 2.05) is 47.4 Å². The van der Waals surface area contributed by atoms with E-state index in [2.05, 4.69) is 5.32 Å². The van der Waals surface area contributed by atoms with Gasteiger partial charge in [-0.3, -0.25) is 0 Å². The molecule has 0 radical (unpaired) electrons. The third kappa shape index (κ3) is 5.10. The highest BCUT2D eigenvalue weighted by Crippen LogP contribution is 2.41. The standard InChI is InChI=1S/C26H27FN2O3S/c1-32-20-14-15-21(24(31)16-20)25-22(28-26(33)29(25)19-6-3-2-4-7-19)8-5-9-23(30)17-10-12-18(27)13-11-17/h2-4,6-7,10-16,22-23,25,30-31H,5,8-9H2,1H3,(H,28,33)/t22?,23?,25-/m1/s1. The summed E-state index contributed by atoms with van der Waals surface area (Å²) in [5, 5.41) is 25.3. The van der Waals surface area contributed by atoms with E-state index >= 15 is 0 Å². The Kier molecular flexibility index (Phi) is 7.11. The number of para-hydroxylation sites is 1. The molecule has 1 aliphatic rings. The predicted octanol–water partition coefficient (Wildman–Crippen LogP) is 5.25. The van der Waals surface area contributed by atoms with Crippen molar-refractivity contribution in [1.29, 1.82) is 0 Å². The number of phenolic OH excluding ortho intramolecular Hbond substituents is 1. The van der Waals surface area contributed by atoms with Gasteiger partial charge in [0.15, 0.2) is 5.11 Å². The number of aliphatic hydroxyl groups excluding tert-OH is 1. The van der Waals surface area contributed by atoms with Gasteiger partial charge in [-0.1, -0.05) is 30.3 Å². The SMILES string of the molecule is COc1ccc([C@@H]2C(CCCC(O)c3ccc(F)cc3)NC(=S)N2c2ccccc2)c(O)c1. The monoisotopic (exact) mass is 466 g/mol. The van der Waals surface area contributed by atoms with Crippen LogP contribution in [0.25, 0.3) is 0 Å². The van der Waals surface area contributed by atoms with Crippen LogP contribution in [0, 0.1) is 5.82 Å². The Morgan fingerprint density at radius 1 is 1.09 bits per heavy atom. The first-order valence-corrected chi connectivity index (χ1v) is 11.3. The molecule has 172 valence electrons. The number of aromatic hydroxyl groups is 1. The maximum atomic E-state index is 13.2. The van der Waals surface area contributed by atoms with Crippen LogP contribution in [0.1, 0.15) is 42.5 Å². The van der Waals surface area contributed by atoms with E-state index < -0.39 is 6.10 Å². The number of nitrogens with one attached hydrogen (secondary N) is 1. The van der Waals surface area contributed by atoms with Gasteiger partial charge in [0.25, 0.3) is 0 Å². The fraction of sp³-hybridized carbons (Fsp3) is 0.269. The van der Waals surface area contributed by atoms with Gasteiger partial charge in [-0.25, -0.2) is 4.39 Å². The van der Waals surface area contributed by atoms with E-state index in [0.717, 1.165) is 24.1 Å². The van der Waals surface area contributed by atoms with Gasteiger partial charge in [-0.15, -0.1) is 0 Å². The molecule has 4 rings (SSSR count). The van der Waals surface area contributed by atoms with Crippen molar-refractivity contribution in [1.82, 2.24) is 5.32 Å². The van der Waals surface area contributed by atoms with Crippen molar-refractivity contribution in [3.8, 4) is 11.5 Å². The fourth-order valence-electron chi connectivity index (χ4n) is 4.35. The molecule has 0 aromatic heterocycles. The van der Waals surface area contributed by atoms with E-state index in [9.17, 15) is 14.6 Å². The minimum absolute atomic E-state index is 0.0718. The van der Waals surface area contributed by atoms with Gasteiger partial charge in [0.2, 0.25) is 0 Å². The number of hydrogen-bond acceptors (Lipinski definition) is 4. The molecule has 0 saturated carbocycles. The highest BCUT2D eigenvalue weighted by atomic mass is 32.1. The fourth-order valence-corrected chi connectivity index (χ4v) is 4.72.